The molecule has 34 heavy (non-hydrogen) atoms. The van der Waals surface area contributed by atoms with Crippen LogP contribution in [0.2, 0.25) is 0 Å². The normalized spacial score (nSPS) is 11.5. The van der Waals surface area contributed by atoms with Gasteiger partial charge in [-0.3, -0.25) is 4.79 Å². The molecule has 0 spiro atoms. The van der Waals surface area contributed by atoms with Crippen molar-refractivity contribution < 1.29 is 23.7 Å². The first kappa shape index (κ1) is 25.2. The fraction of sp³-hybridized carbons (Fsp3) is 0.345. The van der Waals surface area contributed by atoms with E-state index >= 15 is 0 Å². The number of carbonyl (C=O) groups is 1. The Hall–Kier alpha value is -3.47. The van der Waals surface area contributed by atoms with E-state index in [0.29, 0.717) is 19.6 Å². The number of carbonyl (C=O) groups excluding carboxylic acids is 1. The van der Waals surface area contributed by atoms with E-state index in [9.17, 15) is 4.79 Å². The van der Waals surface area contributed by atoms with E-state index in [1.807, 2.05) is 55.5 Å². The summed E-state index contributed by atoms with van der Waals surface area (Å²) in [5.41, 5.74) is 4.13. The molecule has 3 rings (SSSR count). The summed E-state index contributed by atoms with van der Waals surface area (Å²) >= 11 is 0. The van der Waals surface area contributed by atoms with Crippen molar-refractivity contribution in [2.45, 2.75) is 45.6 Å². The van der Waals surface area contributed by atoms with Crippen LogP contribution < -0.4 is 14.2 Å². The van der Waals surface area contributed by atoms with Gasteiger partial charge in [0.1, 0.15) is 23.9 Å². The lowest BCUT2D eigenvalue weighted by atomic mass is 9.98. The number of methoxy groups -OCH3 is 2. The van der Waals surface area contributed by atoms with Gasteiger partial charge in [-0.25, -0.2) is 0 Å². The van der Waals surface area contributed by atoms with Gasteiger partial charge in [0.25, 0.3) is 0 Å². The molecular weight excluding hydrogens is 428 g/mol. The molecule has 0 aliphatic rings. The van der Waals surface area contributed by atoms with Crippen LogP contribution in [-0.4, -0.2) is 26.8 Å². The lowest BCUT2D eigenvalue weighted by Gasteiger charge is -2.15. The van der Waals surface area contributed by atoms with Crippen molar-refractivity contribution in [3.63, 3.8) is 0 Å². The molecule has 180 valence electrons. The first-order chi connectivity index (χ1) is 16.5. The topological polar surface area (TPSA) is 54.0 Å². The first-order valence-corrected chi connectivity index (χ1v) is 11.7. The molecule has 3 aromatic carbocycles. The van der Waals surface area contributed by atoms with Crippen LogP contribution in [0.25, 0.3) is 11.1 Å². The Morgan fingerprint density at radius 1 is 0.912 bits per heavy atom. The summed E-state index contributed by atoms with van der Waals surface area (Å²) in [5, 5.41) is 0. The molecule has 0 heterocycles. The van der Waals surface area contributed by atoms with Crippen LogP contribution in [-0.2, 0) is 16.1 Å². The van der Waals surface area contributed by atoms with Crippen molar-refractivity contribution >= 4 is 5.97 Å². The van der Waals surface area contributed by atoms with Crippen molar-refractivity contribution in [1.82, 2.24) is 0 Å². The third-order valence-corrected chi connectivity index (χ3v) is 5.72. The highest BCUT2D eigenvalue weighted by Crippen LogP contribution is 2.33. The average molecular weight is 463 g/mol. The van der Waals surface area contributed by atoms with Gasteiger partial charge in [0, 0.05) is 5.56 Å². The molecule has 0 saturated heterocycles. The predicted molar refractivity (Wildman–Crippen MR) is 135 cm³/mol. The standard InChI is InChI=1S/C29H34O5/c1-5-6-15-33-28-17-22(13-14-27(28)24-10-8-11-25(19-24)31-3)20-34-26-12-7-9-23(18-26)21(2)16-29(30)32-4/h7-14,17-19,21H,5-6,15-16,20H2,1-4H3. The minimum Gasteiger partial charge on any atom is -0.497 e. The zero-order valence-electron chi connectivity index (χ0n) is 20.5. The molecule has 1 atom stereocenters. The van der Waals surface area contributed by atoms with Gasteiger partial charge < -0.3 is 18.9 Å². The number of unbranched alkanes of at least 4 members (excludes halogenated alkanes) is 1. The second kappa shape index (κ2) is 12.7. The maximum atomic E-state index is 11.6. The second-order valence-electron chi connectivity index (χ2n) is 8.31. The van der Waals surface area contributed by atoms with Gasteiger partial charge in [0.2, 0.25) is 0 Å². The Morgan fingerprint density at radius 3 is 2.47 bits per heavy atom. The third kappa shape index (κ3) is 7.01. The fourth-order valence-electron chi connectivity index (χ4n) is 3.66. The summed E-state index contributed by atoms with van der Waals surface area (Å²) in [7, 11) is 3.08. The molecule has 3 aromatic rings. The van der Waals surface area contributed by atoms with Gasteiger partial charge in [-0.05, 0) is 59.4 Å². The first-order valence-electron chi connectivity index (χ1n) is 11.7. The molecular formula is C29H34O5. The molecule has 5 nitrogen and oxygen atoms in total. The summed E-state index contributed by atoms with van der Waals surface area (Å²) in [6, 6.07) is 22.0. The minimum atomic E-state index is -0.217. The number of ether oxygens (including phenoxy) is 4. The van der Waals surface area contributed by atoms with Crippen molar-refractivity contribution in [3.05, 3.63) is 77.9 Å². The SMILES string of the molecule is CCCCOc1cc(COc2cccc(C(C)CC(=O)OC)c2)ccc1-c1cccc(OC)c1. The molecule has 0 aliphatic carbocycles. The summed E-state index contributed by atoms with van der Waals surface area (Å²) < 4.78 is 22.4. The highest BCUT2D eigenvalue weighted by molar-refractivity contribution is 5.72. The maximum absolute atomic E-state index is 11.6. The van der Waals surface area contributed by atoms with Crippen molar-refractivity contribution in [2.24, 2.45) is 0 Å². The van der Waals surface area contributed by atoms with E-state index in [0.717, 1.165) is 52.3 Å². The van der Waals surface area contributed by atoms with E-state index in [-0.39, 0.29) is 11.9 Å². The molecule has 0 aliphatic heterocycles. The van der Waals surface area contributed by atoms with Crippen molar-refractivity contribution in [3.8, 4) is 28.4 Å². The zero-order chi connectivity index (χ0) is 24.3. The Bertz CT molecular complexity index is 1080. The van der Waals surface area contributed by atoms with Gasteiger partial charge in [-0.2, -0.15) is 0 Å². The Balaban J connectivity index is 1.76. The summed E-state index contributed by atoms with van der Waals surface area (Å²) in [4.78, 5) is 11.6. The van der Waals surface area contributed by atoms with Gasteiger partial charge in [-0.1, -0.05) is 56.7 Å². The van der Waals surface area contributed by atoms with Crippen LogP contribution in [0.3, 0.4) is 0 Å². The molecule has 0 fully saturated rings. The number of esters is 1. The molecule has 0 N–H and O–H groups in total. The molecule has 0 amide bonds. The fourth-order valence-corrected chi connectivity index (χ4v) is 3.66. The Labute approximate surface area is 202 Å². The molecule has 5 heteroatoms. The molecule has 0 bridgehead atoms. The highest BCUT2D eigenvalue weighted by Gasteiger charge is 2.13. The van der Waals surface area contributed by atoms with Crippen LogP contribution in [0.4, 0.5) is 0 Å². The number of rotatable bonds is 12. The van der Waals surface area contributed by atoms with E-state index in [1.54, 1.807) is 7.11 Å². The average Bonchev–Trinajstić information content (AvgIpc) is 2.87. The maximum Gasteiger partial charge on any atom is 0.306 e. The summed E-state index contributed by atoms with van der Waals surface area (Å²) in [6.45, 7) is 5.24. The predicted octanol–water partition coefficient (Wildman–Crippen LogP) is 6.79. The monoisotopic (exact) mass is 462 g/mol. The van der Waals surface area contributed by atoms with Crippen LogP contribution in [0.1, 0.15) is 50.2 Å². The molecule has 1 unspecified atom stereocenters. The van der Waals surface area contributed by atoms with Crippen LogP contribution >= 0.6 is 0 Å². The third-order valence-electron chi connectivity index (χ3n) is 5.72. The van der Waals surface area contributed by atoms with Gasteiger partial charge in [0.15, 0.2) is 0 Å². The highest BCUT2D eigenvalue weighted by atomic mass is 16.5. The van der Waals surface area contributed by atoms with E-state index in [2.05, 4.69) is 25.1 Å². The van der Waals surface area contributed by atoms with Gasteiger partial charge in [-0.15, -0.1) is 0 Å². The van der Waals surface area contributed by atoms with E-state index < -0.39 is 0 Å². The smallest absolute Gasteiger partial charge is 0.306 e. The van der Waals surface area contributed by atoms with Crippen LogP contribution in [0.5, 0.6) is 17.2 Å². The van der Waals surface area contributed by atoms with Gasteiger partial charge in [0.05, 0.1) is 27.2 Å². The summed E-state index contributed by atoms with van der Waals surface area (Å²) in [5.74, 6) is 2.25. The van der Waals surface area contributed by atoms with E-state index in [4.69, 9.17) is 18.9 Å². The largest absolute Gasteiger partial charge is 0.497 e. The Morgan fingerprint density at radius 2 is 1.71 bits per heavy atom. The van der Waals surface area contributed by atoms with Gasteiger partial charge >= 0.3 is 5.97 Å². The number of hydrogen-bond donors (Lipinski definition) is 0. The molecule has 0 saturated carbocycles. The lowest BCUT2D eigenvalue weighted by molar-refractivity contribution is -0.140. The molecule has 0 radical (unpaired) electrons. The van der Waals surface area contributed by atoms with Crippen molar-refractivity contribution in [2.75, 3.05) is 20.8 Å². The minimum absolute atomic E-state index is 0.0525. The Kier molecular flexibility index (Phi) is 9.39. The quantitative estimate of drug-likeness (QED) is 0.219. The lowest BCUT2D eigenvalue weighted by Crippen LogP contribution is -2.06. The number of benzene rings is 3. The molecule has 0 aromatic heterocycles. The van der Waals surface area contributed by atoms with Crippen LogP contribution in [0.15, 0.2) is 66.7 Å². The van der Waals surface area contributed by atoms with Crippen LogP contribution in [0, 0.1) is 0 Å². The number of hydrogen-bond acceptors (Lipinski definition) is 5. The second-order valence-corrected chi connectivity index (χ2v) is 8.31. The zero-order valence-corrected chi connectivity index (χ0v) is 20.5. The summed E-state index contributed by atoms with van der Waals surface area (Å²) in [6.07, 6.45) is 2.40. The van der Waals surface area contributed by atoms with Crippen molar-refractivity contribution in [1.29, 1.82) is 0 Å². The van der Waals surface area contributed by atoms with E-state index in [1.165, 1.54) is 7.11 Å².